The molecule has 0 aliphatic heterocycles. The third kappa shape index (κ3) is 4.15. The van der Waals surface area contributed by atoms with Crippen LogP contribution in [0.3, 0.4) is 0 Å². The molecule has 0 saturated carbocycles. The largest absolute Gasteiger partial charge is 0.490 e. The highest BCUT2D eigenvalue weighted by molar-refractivity contribution is 9.10. The molecule has 0 fully saturated rings. The van der Waals surface area contributed by atoms with E-state index in [-0.39, 0.29) is 12.2 Å². The number of hydrogen-bond acceptors (Lipinski definition) is 5. The van der Waals surface area contributed by atoms with E-state index in [4.69, 9.17) is 16.3 Å². The molecular formula is C16H12BrClN4O3. The Labute approximate surface area is 156 Å². The van der Waals surface area contributed by atoms with Gasteiger partial charge in [-0.3, -0.25) is 0 Å². The van der Waals surface area contributed by atoms with E-state index in [9.17, 15) is 9.90 Å². The van der Waals surface area contributed by atoms with Crippen molar-refractivity contribution in [3.05, 3.63) is 57.8 Å². The van der Waals surface area contributed by atoms with Gasteiger partial charge in [0.25, 0.3) is 0 Å². The van der Waals surface area contributed by atoms with Crippen molar-refractivity contribution in [1.82, 2.24) is 20.2 Å². The first kappa shape index (κ1) is 17.4. The first-order valence-corrected chi connectivity index (χ1v) is 8.38. The molecule has 0 atom stereocenters. The van der Waals surface area contributed by atoms with Crippen LogP contribution in [-0.2, 0) is 6.54 Å². The average molecular weight is 424 g/mol. The zero-order chi connectivity index (χ0) is 17.8. The number of aromatic nitrogens is 4. The van der Waals surface area contributed by atoms with E-state index in [0.717, 1.165) is 5.56 Å². The van der Waals surface area contributed by atoms with Gasteiger partial charge in [0.05, 0.1) is 16.6 Å². The van der Waals surface area contributed by atoms with Gasteiger partial charge in [0.15, 0.2) is 6.33 Å². The highest BCUT2D eigenvalue weighted by Crippen LogP contribution is 2.38. The van der Waals surface area contributed by atoms with Crippen LogP contribution in [0, 0.1) is 0 Å². The van der Waals surface area contributed by atoms with Crippen molar-refractivity contribution >= 4 is 33.5 Å². The smallest absolute Gasteiger partial charge is 0.335 e. The molecule has 3 aromatic rings. The molecule has 1 N–H and O–H groups in total. The highest BCUT2D eigenvalue weighted by Gasteiger charge is 2.16. The summed E-state index contributed by atoms with van der Waals surface area (Å²) in [5, 5.41) is 21.2. The minimum atomic E-state index is -1.03. The SMILES string of the molecule is O=C(O)c1cc(Br)c(OCCn2ncnn2)c(-c2cccc(Cl)c2)c1. The fraction of sp³-hybridized carbons (Fsp3) is 0.125. The number of benzene rings is 2. The quantitative estimate of drug-likeness (QED) is 0.652. The molecule has 0 amide bonds. The maximum Gasteiger partial charge on any atom is 0.335 e. The molecule has 128 valence electrons. The van der Waals surface area contributed by atoms with Crippen molar-refractivity contribution < 1.29 is 14.6 Å². The number of hydrogen-bond donors (Lipinski definition) is 1. The van der Waals surface area contributed by atoms with E-state index in [1.807, 2.05) is 6.07 Å². The van der Waals surface area contributed by atoms with Crippen LogP contribution in [0.5, 0.6) is 5.75 Å². The second-order valence-corrected chi connectivity index (χ2v) is 6.32. The van der Waals surface area contributed by atoms with E-state index < -0.39 is 5.97 Å². The van der Waals surface area contributed by atoms with Crippen molar-refractivity contribution in [2.24, 2.45) is 0 Å². The third-order valence-electron chi connectivity index (χ3n) is 3.36. The average Bonchev–Trinajstić information content (AvgIpc) is 3.09. The number of tetrazole rings is 1. The van der Waals surface area contributed by atoms with Crippen LogP contribution in [0.1, 0.15) is 10.4 Å². The van der Waals surface area contributed by atoms with E-state index in [1.165, 1.54) is 17.2 Å². The fourth-order valence-corrected chi connectivity index (χ4v) is 3.02. The lowest BCUT2D eigenvalue weighted by atomic mass is 10.0. The summed E-state index contributed by atoms with van der Waals surface area (Å²) in [6.45, 7) is 0.692. The number of aromatic carboxylic acids is 1. The van der Waals surface area contributed by atoms with Crippen LogP contribution in [0.15, 0.2) is 47.2 Å². The van der Waals surface area contributed by atoms with Gasteiger partial charge in [0.1, 0.15) is 12.4 Å². The Hall–Kier alpha value is -2.45. The van der Waals surface area contributed by atoms with Gasteiger partial charge >= 0.3 is 5.97 Å². The van der Waals surface area contributed by atoms with Crippen LogP contribution in [0.4, 0.5) is 0 Å². The Morgan fingerprint density at radius 3 is 2.84 bits per heavy atom. The summed E-state index contributed by atoms with van der Waals surface area (Å²) < 4.78 is 6.39. The minimum Gasteiger partial charge on any atom is -0.490 e. The lowest BCUT2D eigenvalue weighted by Gasteiger charge is -2.15. The lowest BCUT2D eigenvalue weighted by Crippen LogP contribution is -2.12. The first-order valence-electron chi connectivity index (χ1n) is 7.21. The van der Waals surface area contributed by atoms with Gasteiger partial charge in [-0.25, -0.2) is 4.79 Å². The van der Waals surface area contributed by atoms with Crippen molar-refractivity contribution in [3.63, 3.8) is 0 Å². The van der Waals surface area contributed by atoms with E-state index >= 15 is 0 Å². The number of ether oxygens (including phenoxy) is 1. The highest BCUT2D eigenvalue weighted by atomic mass is 79.9. The van der Waals surface area contributed by atoms with Gasteiger partial charge in [-0.05, 0) is 51.0 Å². The lowest BCUT2D eigenvalue weighted by molar-refractivity contribution is 0.0697. The van der Waals surface area contributed by atoms with Gasteiger partial charge in [-0.15, -0.1) is 10.2 Å². The standard InChI is InChI=1S/C16H12BrClN4O3/c17-14-8-11(16(23)24)7-13(10-2-1-3-12(18)6-10)15(14)25-5-4-22-20-9-19-21-22/h1-3,6-9H,4-5H2,(H,23,24). The molecule has 0 bridgehead atoms. The molecule has 1 heterocycles. The van der Waals surface area contributed by atoms with Gasteiger partial charge in [-0.1, -0.05) is 23.7 Å². The molecule has 1 aromatic heterocycles. The van der Waals surface area contributed by atoms with Crippen LogP contribution in [-0.4, -0.2) is 37.9 Å². The molecule has 0 spiro atoms. The second kappa shape index (κ2) is 7.62. The molecule has 0 aliphatic rings. The Kier molecular flexibility index (Phi) is 5.30. The molecule has 25 heavy (non-hydrogen) atoms. The van der Waals surface area contributed by atoms with E-state index in [1.54, 1.807) is 24.3 Å². The summed E-state index contributed by atoms with van der Waals surface area (Å²) in [4.78, 5) is 12.8. The predicted molar refractivity (Wildman–Crippen MR) is 94.9 cm³/mol. The summed E-state index contributed by atoms with van der Waals surface area (Å²) in [7, 11) is 0. The van der Waals surface area contributed by atoms with Crippen molar-refractivity contribution in [2.45, 2.75) is 6.54 Å². The van der Waals surface area contributed by atoms with Crippen molar-refractivity contribution in [2.75, 3.05) is 6.61 Å². The summed E-state index contributed by atoms with van der Waals surface area (Å²) in [5.74, 6) is -0.505. The maximum absolute atomic E-state index is 11.4. The molecule has 3 rings (SSSR count). The zero-order valence-corrected chi connectivity index (χ0v) is 15.1. The number of halogens is 2. The van der Waals surface area contributed by atoms with Gasteiger partial charge in [-0.2, -0.15) is 4.80 Å². The van der Waals surface area contributed by atoms with Gasteiger partial charge < -0.3 is 9.84 Å². The second-order valence-electron chi connectivity index (χ2n) is 5.03. The predicted octanol–water partition coefficient (Wildman–Crippen LogP) is 3.53. The molecular weight excluding hydrogens is 412 g/mol. The monoisotopic (exact) mass is 422 g/mol. The van der Waals surface area contributed by atoms with Gasteiger partial charge in [0, 0.05) is 10.6 Å². The van der Waals surface area contributed by atoms with Crippen LogP contribution >= 0.6 is 27.5 Å². The number of rotatable bonds is 6. The molecule has 9 heteroatoms. The third-order valence-corrected chi connectivity index (χ3v) is 4.18. The van der Waals surface area contributed by atoms with Crippen molar-refractivity contribution in [3.8, 4) is 16.9 Å². The number of carboxylic acids is 1. The van der Waals surface area contributed by atoms with Crippen LogP contribution in [0.25, 0.3) is 11.1 Å². The minimum absolute atomic E-state index is 0.146. The summed E-state index contributed by atoms with van der Waals surface area (Å²) >= 11 is 9.45. The molecule has 2 aromatic carbocycles. The zero-order valence-electron chi connectivity index (χ0n) is 12.8. The van der Waals surface area contributed by atoms with Crippen LogP contribution in [0.2, 0.25) is 5.02 Å². The molecule has 0 unspecified atom stereocenters. The number of carboxylic acid groups (broad SMARTS) is 1. The summed E-state index contributed by atoms with van der Waals surface area (Å²) in [6, 6.07) is 10.2. The van der Waals surface area contributed by atoms with Gasteiger partial charge in [0.2, 0.25) is 0 Å². The van der Waals surface area contributed by atoms with E-state index in [0.29, 0.717) is 27.4 Å². The van der Waals surface area contributed by atoms with Crippen molar-refractivity contribution in [1.29, 1.82) is 0 Å². The Balaban J connectivity index is 1.96. The summed E-state index contributed by atoms with van der Waals surface area (Å²) in [5.41, 5.74) is 1.53. The number of nitrogens with zero attached hydrogens (tertiary/aromatic N) is 4. The molecule has 0 radical (unpaired) electrons. The van der Waals surface area contributed by atoms with Crippen LogP contribution < -0.4 is 4.74 Å². The Bertz CT molecular complexity index is 902. The fourth-order valence-electron chi connectivity index (χ4n) is 2.25. The number of carbonyl (C=O) groups is 1. The first-order chi connectivity index (χ1) is 12.0. The summed E-state index contributed by atoms with van der Waals surface area (Å²) in [6.07, 6.45) is 1.34. The Morgan fingerprint density at radius 2 is 2.16 bits per heavy atom. The molecule has 7 nitrogen and oxygen atoms in total. The molecule has 0 aliphatic carbocycles. The normalized spacial score (nSPS) is 10.6. The van der Waals surface area contributed by atoms with E-state index in [2.05, 4.69) is 31.3 Å². The Morgan fingerprint density at radius 1 is 1.32 bits per heavy atom. The maximum atomic E-state index is 11.4. The topological polar surface area (TPSA) is 90.1 Å². The molecule has 0 saturated heterocycles.